The van der Waals surface area contributed by atoms with E-state index >= 15 is 0 Å². The van der Waals surface area contributed by atoms with Crippen LogP contribution in [0.2, 0.25) is 10.0 Å². The molecule has 2 aliphatic carbocycles. The Kier molecular flexibility index (Phi) is 6.00. The van der Waals surface area contributed by atoms with Crippen LogP contribution < -0.4 is 4.74 Å². The van der Waals surface area contributed by atoms with Crippen molar-refractivity contribution in [3.8, 4) is 11.5 Å². The maximum Gasteiger partial charge on any atom is 0.227 e. The van der Waals surface area contributed by atoms with Gasteiger partial charge in [0.05, 0.1) is 33.5 Å². The molecule has 6 nitrogen and oxygen atoms in total. The number of hydrogen-bond donors (Lipinski definition) is 2. The lowest BCUT2D eigenvalue weighted by atomic mass is 9.48. The minimum Gasteiger partial charge on any atom is -0.504 e. The number of carbonyl (C=O) groups is 1. The Balaban J connectivity index is 1.42. The van der Waals surface area contributed by atoms with Crippen LogP contribution in [0.4, 0.5) is 0 Å². The first kappa shape index (κ1) is 25.3. The summed E-state index contributed by atoms with van der Waals surface area (Å²) in [6.45, 7) is 5.63. The molecular weight excluding hydrogens is 511 g/mol. The molecule has 2 bridgehead atoms. The Bertz CT molecular complexity index is 1270. The van der Waals surface area contributed by atoms with Crippen molar-refractivity contribution < 1.29 is 19.7 Å². The molecule has 0 unspecified atom stereocenters. The summed E-state index contributed by atoms with van der Waals surface area (Å²) in [5.74, 6) is 0.861. The summed E-state index contributed by atoms with van der Waals surface area (Å²) in [7, 11) is 2.09. The zero-order chi connectivity index (χ0) is 26.3. The molecule has 2 fully saturated rings. The number of likely N-dealkylation sites (tertiary alicyclic amines) is 1. The highest BCUT2D eigenvalue weighted by Gasteiger charge is 2.73. The zero-order valence-electron chi connectivity index (χ0n) is 21.5. The van der Waals surface area contributed by atoms with Gasteiger partial charge in [0.25, 0.3) is 0 Å². The summed E-state index contributed by atoms with van der Waals surface area (Å²) in [6.07, 6.45) is 2.44. The van der Waals surface area contributed by atoms with E-state index in [1.807, 2.05) is 17.0 Å². The number of amides is 1. The number of aromatic hydroxyl groups is 1. The average Bonchev–Trinajstić information content (AvgIpc) is 3.20. The minimum atomic E-state index is -0.983. The molecule has 2 N–H and O–H groups in total. The zero-order valence-corrected chi connectivity index (χ0v) is 23.0. The van der Waals surface area contributed by atoms with Gasteiger partial charge in [0, 0.05) is 18.2 Å². The van der Waals surface area contributed by atoms with Crippen LogP contribution in [0.1, 0.15) is 49.8 Å². The van der Waals surface area contributed by atoms with Gasteiger partial charge in [-0.05, 0) is 74.5 Å². The van der Waals surface area contributed by atoms with Gasteiger partial charge in [-0.25, -0.2) is 0 Å². The van der Waals surface area contributed by atoms with E-state index in [0.29, 0.717) is 35.2 Å². The van der Waals surface area contributed by atoms with E-state index in [2.05, 4.69) is 25.8 Å². The first-order chi connectivity index (χ1) is 17.6. The van der Waals surface area contributed by atoms with E-state index < -0.39 is 17.1 Å². The molecule has 1 saturated heterocycles. The maximum atomic E-state index is 13.9. The number of likely N-dealkylation sites (N-methyl/N-ethyl adjacent to an activating group) is 1. The summed E-state index contributed by atoms with van der Waals surface area (Å²) in [6, 6.07) is 8.76. The third kappa shape index (κ3) is 3.55. The van der Waals surface area contributed by atoms with Gasteiger partial charge in [0.2, 0.25) is 5.91 Å². The van der Waals surface area contributed by atoms with Crippen molar-refractivity contribution in [2.75, 3.05) is 20.1 Å². The molecule has 2 aromatic rings. The highest BCUT2D eigenvalue weighted by Crippen LogP contribution is 2.65. The predicted octanol–water partition coefficient (Wildman–Crippen LogP) is 4.58. The summed E-state index contributed by atoms with van der Waals surface area (Å²) >= 11 is 12.3. The van der Waals surface area contributed by atoms with Crippen LogP contribution in [0.15, 0.2) is 30.3 Å². The first-order valence-corrected chi connectivity index (χ1v) is 14.0. The number of carbonyl (C=O) groups excluding carboxylic acids is 1. The lowest BCUT2D eigenvalue weighted by Gasteiger charge is -2.64. The molecule has 2 heterocycles. The van der Waals surface area contributed by atoms with Crippen LogP contribution in [0.3, 0.4) is 0 Å². The number of rotatable bonds is 5. The first-order valence-electron chi connectivity index (χ1n) is 13.2. The molecular formula is C29H34Cl2N2O4. The van der Waals surface area contributed by atoms with Crippen molar-refractivity contribution >= 4 is 29.1 Å². The lowest BCUT2D eigenvalue weighted by molar-refractivity contribution is -0.198. The van der Waals surface area contributed by atoms with E-state index in [9.17, 15) is 15.0 Å². The second-order valence-corrected chi connectivity index (χ2v) is 12.6. The fourth-order valence-corrected chi connectivity index (χ4v) is 8.11. The van der Waals surface area contributed by atoms with Crippen LogP contribution in [-0.2, 0) is 23.1 Å². The van der Waals surface area contributed by atoms with Gasteiger partial charge >= 0.3 is 0 Å². The monoisotopic (exact) mass is 544 g/mol. The van der Waals surface area contributed by atoms with E-state index in [1.165, 1.54) is 0 Å². The normalized spacial score (nSPS) is 31.7. The number of benzene rings is 2. The molecule has 0 aromatic heterocycles. The quantitative estimate of drug-likeness (QED) is 0.576. The van der Waals surface area contributed by atoms with Crippen LogP contribution in [-0.4, -0.2) is 69.8 Å². The van der Waals surface area contributed by atoms with Gasteiger partial charge in [0.15, 0.2) is 11.5 Å². The van der Waals surface area contributed by atoms with Crippen molar-refractivity contribution in [3.63, 3.8) is 0 Å². The number of piperidine rings is 1. The average molecular weight is 546 g/mol. The van der Waals surface area contributed by atoms with Crippen LogP contribution in [0, 0.1) is 5.92 Å². The molecule has 6 rings (SSSR count). The molecule has 2 aromatic carbocycles. The third-order valence-electron chi connectivity index (χ3n) is 9.32. The number of nitrogens with zero attached hydrogens (tertiary/aromatic N) is 2. The fraction of sp³-hybridized carbons (Fsp3) is 0.552. The summed E-state index contributed by atoms with van der Waals surface area (Å²) in [5, 5.41) is 24.2. The second kappa shape index (κ2) is 8.77. The van der Waals surface area contributed by atoms with Crippen LogP contribution in [0.5, 0.6) is 11.5 Å². The molecule has 2 aliphatic heterocycles. The Morgan fingerprint density at radius 3 is 2.73 bits per heavy atom. The SMILES string of the molecule is CC(C)CN(C(=O)Cc1ccc(Cl)c(Cl)c1)[C@H]1CC[C@@]2(O)[C@H]3Cc4ccc(O)c5c4[C@@]2(CCN3C)[C@H]1O5. The molecule has 0 radical (unpaired) electrons. The smallest absolute Gasteiger partial charge is 0.227 e. The largest absolute Gasteiger partial charge is 0.504 e. The van der Waals surface area contributed by atoms with Crippen molar-refractivity contribution in [1.29, 1.82) is 0 Å². The van der Waals surface area contributed by atoms with E-state index in [0.717, 1.165) is 36.1 Å². The van der Waals surface area contributed by atoms with Crippen molar-refractivity contribution in [2.45, 2.75) is 75.2 Å². The van der Waals surface area contributed by atoms with Crippen molar-refractivity contribution in [3.05, 3.63) is 57.1 Å². The Morgan fingerprint density at radius 2 is 2.00 bits per heavy atom. The molecule has 4 aliphatic rings. The van der Waals surface area contributed by atoms with Gasteiger partial charge in [-0.15, -0.1) is 0 Å². The van der Waals surface area contributed by atoms with Crippen molar-refractivity contribution in [1.82, 2.24) is 9.80 Å². The standard InChI is InChI=1S/C29H34Cl2N2O4/c1-16(2)15-33(24(35)13-17-4-6-19(30)20(31)12-17)21-8-9-29(36)23-14-18-5-7-22(34)26-25(18)28(29,27(21)37-26)10-11-32(23)3/h4-7,12,16,21,23,27,34,36H,8-11,13-15H2,1-3H3/t21-,23+,27-,28-,29+/m0/s1. The number of hydrogen-bond acceptors (Lipinski definition) is 5. The summed E-state index contributed by atoms with van der Waals surface area (Å²) in [4.78, 5) is 18.2. The fourth-order valence-electron chi connectivity index (χ4n) is 7.79. The van der Waals surface area contributed by atoms with Gasteiger partial charge < -0.3 is 24.7 Å². The van der Waals surface area contributed by atoms with Crippen LogP contribution >= 0.6 is 23.2 Å². The molecule has 1 amide bonds. The maximum absolute atomic E-state index is 13.9. The summed E-state index contributed by atoms with van der Waals surface area (Å²) < 4.78 is 6.66. The van der Waals surface area contributed by atoms with Gasteiger partial charge in [0.1, 0.15) is 6.10 Å². The number of phenols is 1. The van der Waals surface area contributed by atoms with E-state index in [-0.39, 0.29) is 36.1 Å². The van der Waals surface area contributed by atoms with E-state index in [4.69, 9.17) is 27.9 Å². The van der Waals surface area contributed by atoms with Crippen molar-refractivity contribution in [2.24, 2.45) is 5.92 Å². The number of halogens is 2. The Morgan fingerprint density at radius 1 is 1.22 bits per heavy atom. The Hall–Kier alpha value is -1.99. The molecule has 37 heavy (non-hydrogen) atoms. The van der Waals surface area contributed by atoms with Gasteiger partial charge in [-0.1, -0.05) is 49.2 Å². The lowest BCUT2D eigenvalue weighted by Crippen LogP contribution is -2.78. The van der Waals surface area contributed by atoms with Gasteiger partial charge in [-0.3, -0.25) is 4.79 Å². The molecule has 5 atom stereocenters. The van der Waals surface area contributed by atoms with Gasteiger partial charge in [-0.2, -0.15) is 0 Å². The molecule has 8 heteroatoms. The molecule has 1 saturated carbocycles. The minimum absolute atomic E-state index is 0.00298. The Labute approximate surface area is 228 Å². The second-order valence-electron chi connectivity index (χ2n) is 11.8. The van der Waals surface area contributed by atoms with Crippen LogP contribution in [0.25, 0.3) is 0 Å². The third-order valence-corrected chi connectivity index (χ3v) is 10.1. The number of phenolic OH excluding ortho intramolecular Hbond substituents is 1. The topological polar surface area (TPSA) is 73.2 Å². The highest BCUT2D eigenvalue weighted by molar-refractivity contribution is 6.42. The molecule has 198 valence electrons. The predicted molar refractivity (Wildman–Crippen MR) is 144 cm³/mol. The number of aliphatic hydroxyl groups is 1. The number of ether oxygens (including phenoxy) is 1. The summed E-state index contributed by atoms with van der Waals surface area (Å²) in [5.41, 5.74) is 1.27. The van der Waals surface area contributed by atoms with E-state index in [1.54, 1.807) is 18.2 Å². The molecule has 1 spiro atoms. The highest BCUT2D eigenvalue weighted by atomic mass is 35.5.